The zero-order valence-electron chi connectivity index (χ0n) is 11.6. The van der Waals surface area contributed by atoms with Crippen LogP contribution in [0, 0.1) is 0 Å². The van der Waals surface area contributed by atoms with Crippen molar-refractivity contribution in [3.63, 3.8) is 0 Å². The van der Waals surface area contributed by atoms with Crippen LogP contribution in [0.4, 0.5) is 0 Å². The van der Waals surface area contributed by atoms with E-state index in [0.717, 1.165) is 0 Å². The number of amides is 1. The molecular weight excluding hydrogens is 254 g/mol. The predicted octanol–water partition coefficient (Wildman–Crippen LogP) is -0.625. The topological polar surface area (TPSA) is 86.2 Å². The molecule has 7 nitrogen and oxygen atoms in total. The fraction of sp³-hybridized carbons (Fsp3) is 0.917. The Morgan fingerprint density at radius 2 is 2.16 bits per heavy atom. The smallest absolute Gasteiger partial charge is 0.217 e. The van der Waals surface area contributed by atoms with Crippen LogP contribution in [-0.4, -0.2) is 61.2 Å². The summed E-state index contributed by atoms with van der Waals surface area (Å²) in [5, 5.41) is 13.0. The molecule has 0 radical (unpaired) electrons. The molecule has 2 aliphatic heterocycles. The van der Waals surface area contributed by atoms with Crippen molar-refractivity contribution in [2.24, 2.45) is 0 Å². The number of carbonyl (C=O) groups excluding carboxylic acids is 1. The summed E-state index contributed by atoms with van der Waals surface area (Å²) in [6, 6.07) is -0.669. The van der Waals surface area contributed by atoms with E-state index in [4.69, 9.17) is 18.9 Å². The minimum atomic E-state index is -0.921. The highest BCUT2D eigenvalue weighted by Gasteiger charge is 2.51. The molecule has 0 unspecified atom stereocenters. The molecule has 2 heterocycles. The molecule has 2 rings (SSSR count). The van der Waals surface area contributed by atoms with Crippen LogP contribution in [0.2, 0.25) is 0 Å². The van der Waals surface area contributed by atoms with Gasteiger partial charge in [0.15, 0.2) is 12.1 Å². The first-order chi connectivity index (χ1) is 8.84. The second-order valence-corrected chi connectivity index (χ2v) is 5.29. The lowest BCUT2D eigenvalue weighted by Crippen LogP contribution is -2.68. The maximum atomic E-state index is 11.2. The van der Waals surface area contributed by atoms with Gasteiger partial charge < -0.3 is 29.4 Å². The predicted molar refractivity (Wildman–Crippen MR) is 64.2 cm³/mol. The van der Waals surface area contributed by atoms with Gasteiger partial charge in [0, 0.05) is 14.0 Å². The highest BCUT2D eigenvalue weighted by atomic mass is 16.8. The fourth-order valence-corrected chi connectivity index (χ4v) is 2.43. The Morgan fingerprint density at radius 1 is 1.47 bits per heavy atom. The van der Waals surface area contributed by atoms with E-state index >= 15 is 0 Å². The van der Waals surface area contributed by atoms with Crippen molar-refractivity contribution in [2.75, 3.05) is 13.7 Å². The quantitative estimate of drug-likeness (QED) is 0.698. The molecule has 1 amide bonds. The molecule has 110 valence electrons. The standard InChI is InChI=1S/C12H21NO6/c1-6(14)13-8-9(15)10-7(18-11(8)16-4)5-17-12(2,3)19-10/h7-11,15H,5H2,1-4H3,(H,13,14)/t7-,8+,9+,10+,11+/m1/s1. The van der Waals surface area contributed by atoms with E-state index in [2.05, 4.69) is 5.32 Å². The number of aliphatic hydroxyl groups is 1. The van der Waals surface area contributed by atoms with Gasteiger partial charge in [0.2, 0.25) is 5.91 Å². The molecule has 19 heavy (non-hydrogen) atoms. The molecule has 0 saturated carbocycles. The Bertz CT molecular complexity index is 347. The van der Waals surface area contributed by atoms with Crippen LogP contribution < -0.4 is 5.32 Å². The molecule has 2 saturated heterocycles. The largest absolute Gasteiger partial charge is 0.388 e. The zero-order valence-corrected chi connectivity index (χ0v) is 11.6. The van der Waals surface area contributed by atoms with E-state index < -0.39 is 36.4 Å². The van der Waals surface area contributed by atoms with Gasteiger partial charge in [0.05, 0.1) is 6.61 Å². The van der Waals surface area contributed by atoms with Crippen LogP contribution >= 0.6 is 0 Å². The van der Waals surface area contributed by atoms with Crippen LogP contribution in [-0.2, 0) is 23.7 Å². The average molecular weight is 275 g/mol. The highest BCUT2D eigenvalue weighted by Crippen LogP contribution is 2.32. The summed E-state index contributed by atoms with van der Waals surface area (Å²) in [7, 11) is 1.46. The third-order valence-corrected chi connectivity index (χ3v) is 3.29. The molecule has 0 spiro atoms. The molecule has 0 bridgehead atoms. The molecule has 2 N–H and O–H groups in total. The maximum Gasteiger partial charge on any atom is 0.217 e. The number of fused-ring (bicyclic) bond motifs is 1. The van der Waals surface area contributed by atoms with Crippen LogP contribution in [0.25, 0.3) is 0 Å². The summed E-state index contributed by atoms with van der Waals surface area (Å²) in [4.78, 5) is 11.2. The maximum absolute atomic E-state index is 11.2. The van der Waals surface area contributed by atoms with E-state index in [0.29, 0.717) is 6.61 Å². The van der Waals surface area contributed by atoms with Crippen molar-refractivity contribution in [1.82, 2.24) is 5.32 Å². The summed E-state index contributed by atoms with van der Waals surface area (Å²) in [5.41, 5.74) is 0. The van der Waals surface area contributed by atoms with Gasteiger partial charge in [-0.3, -0.25) is 4.79 Å². The number of hydrogen-bond donors (Lipinski definition) is 2. The van der Waals surface area contributed by atoms with Gasteiger partial charge in [-0.1, -0.05) is 0 Å². The van der Waals surface area contributed by atoms with Gasteiger partial charge in [0.1, 0.15) is 24.4 Å². The van der Waals surface area contributed by atoms with Crippen LogP contribution in [0.1, 0.15) is 20.8 Å². The number of carbonyl (C=O) groups is 1. The van der Waals surface area contributed by atoms with Crippen molar-refractivity contribution in [3.8, 4) is 0 Å². The van der Waals surface area contributed by atoms with Crippen molar-refractivity contribution in [2.45, 2.75) is 57.2 Å². The van der Waals surface area contributed by atoms with E-state index in [1.165, 1.54) is 14.0 Å². The first kappa shape index (κ1) is 14.7. The van der Waals surface area contributed by atoms with Gasteiger partial charge in [-0.15, -0.1) is 0 Å². The summed E-state index contributed by atoms with van der Waals surface area (Å²) < 4.78 is 22.0. The SMILES string of the molecule is CO[C@H]1O[C@@H]2COC(C)(C)O[C@@H]2[C@@H](O)[C@@H]1NC(C)=O. The molecule has 5 atom stereocenters. The van der Waals surface area contributed by atoms with Gasteiger partial charge in [-0.05, 0) is 13.8 Å². The first-order valence-corrected chi connectivity index (χ1v) is 6.29. The summed E-state index contributed by atoms with van der Waals surface area (Å²) in [5.74, 6) is -1.05. The molecule has 0 aromatic heterocycles. The molecule has 0 aromatic rings. The van der Waals surface area contributed by atoms with Crippen molar-refractivity contribution in [1.29, 1.82) is 0 Å². The molecule has 0 aromatic carbocycles. The number of nitrogens with one attached hydrogen (secondary N) is 1. The van der Waals surface area contributed by atoms with Crippen LogP contribution in [0.15, 0.2) is 0 Å². The lowest BCUT2D eigenvalue weighted by atomic mass is 9.95. The van der Waals surface area contributed by atoms with Gasteiger partial charge in [-0.2, -0.15) is 0 Å². The zero-order chi connectivity index (χ0) is 14.2. The van der Waals surface area contributed by atoms with E-state index in [1.807, 2.05) is 0 Å². The molecule has 0 aliphatic carbocycles. The second-order valence-electron chi connectivity index (χ2n) is 5.29. The lowest BCUT2D eigenvalue weighted by Gasteiger charge is -2.49. The number of aliphatic hydroxyl groups excluding tert-OH is 1. The fourth-order valence-electron chi connectivity index (χ4n) is 2.43. The minimum Gasteiger partial charge on any atom is -0.388 e. The summed E-state index contributed by atoms with van der Waals surface area (Å²) in [6.45, 7) is 5.22. The molecule has 2 aliphatic rings. The third kappa shape index (κ3) is 3.06. The Labute approximate surface area is 112 Å². The Hall–Kier alpha value is -0.730. The van der Waals surface area contributed by atoms with Crippen molar-refractivity contribution < 1.29 is 28.8 Å². The normalized spacial score (nSPS) is 41.4. The third-order valence-electron chi connectivity index (χ3n) is 3.29. The van der Waals surface area contributed by atoms with Gasteiger partial charge >= 0.3 is 0 Å². The van der Waals surface area contributed by atoms with E-state index in [9.17, 15) is 9.90 Å². The minimum absolute atomic E-state index is 0.264. The Kier molecular flexibility index (Phi) is 4.12. The number of ether oxygens (including phenoxy) is 4. The number of methoxy groups -OCH3 is 1. The average Bonchev–Trinajstić information content (AvgIpc) is 2.32. The molecular formula is C12H21NO6. The van der Waals surface area contributed by atoms with Gasteiger partial charge in [-0.25, -0.2) is 0 Å². The first-order valence-electron chi connectivity index (χ1n) is 6.29. The second kappa shape index (κ2) is 5.34. The summed E-state index contributed by atoms with van der Waals surface area (Å²) >= 11 is 0. The van der Waals surface area contributed by atoms with Gasteiger partial charge in [0.25, 0.3) is 0 Å². The molecule has 7 heteroatoms. The van der Waals surface area contributed by atoms with E-state index in [-0.39, 0.29) is 5.91 Å². The van der Waals surface area contributed by atoms with Crippen molar-refractivity contribution in [3.05, 3.63) is 0 Å². The monoisotopic (exact) mass is 275 g/mol. The van der Waals surface area contributed by atoms with Crippen LogP contribution in [0.5, 0.6) is 0 Å². The summed E-state index contributed by atoms with van der Waals surface area (Å²) in [6.07, 6.45) is -2.63. The molecule has 2 fully saturated rings. The lowest BCUT2D eigenvalue weighted by molar-refractivity contribution is -0.366. The Morgan fingerprint density at radius 3 is 2.74 bits per heavy atom. The van der Waals surface area contributed by atoms with Crippen molar-refractivity contribution >= 4 is 5.91 Å². The Balaban J connectivity index is 2.15. The highest BCUT2D eigenvalue weighted by molar-refractivity contribution is 5.73. The van der Waals surface area contributed by atoms with Crippen LogP contribution in [0.3, 0.4) is 0 Å². The number of hydrogen-bond acceptors (Lipinski definition) is 6. The number of rotatable bonds is 2. The van der Waals surface area contributed by atoms with E-state index in [1.54, 1.807) is 13.8 Å².